The van der Waals surface area contributed by atoms with Gasteiger partial charge in [-0.15, -0.1) is 0 Å². The SMILES string of the molecule is CCOc1ccc(Cc2cc([C@@H]3O[C@H](C)C[C@H](C)[C@H]3N)ccc2Cl)cc1. The van der Waals surface area contributed by atoms with Gasteiger partial charge >= 0.3 is 0 Å². The van der Waals surface area contributed by atoms with Gasteiger partial charge in [-0.05, 0) is 67.5 Å². The lowest BCUT2D eigenvalue weighted by atomic mass is 9.85. The van der Waals surface area contributed by atoms with Gasteiger partial charge in [-0.1, -0.05) is 42.8 Å². The molecule has 1 aliphatic rings. The van der Waals surface area contributed by atoms with E-state index in [4.69, 9.17) is 26.8 Å². The van der Waals surface area contributed by atoms with Gasteiger partial charge in [0.05, 0.1) is 18.8 Å². The highest BCUT2D eigenvalue weighted by molar-refractivity contribution is 6.31. The monoisotopic (exact) mass is 373 g/mol. The van der Waals surface area contributed by atoms with Crippen LogP contribution in [0.15, 0.2) is 42.5 Å². The second-order valence-corrected chi connectivity index (χ2v) is 7.67. The molecule has 1 heterocycles. The standard InChI is InChI=1S/C22H28ClNO2/c1-4-25-19-8-5-16(6-9-19)12-18-13-17(7-10-20(18)23)22-21(24)14(2)11-15(3)26-22/h5-10,13-15,21-22H,4,11-12,24H2,1-3H3/t14-,15+,21+,22-/m0/s1. The molecule has 2 N–H and O–H groups in total. The largest absolute Gasteiger partial charge is 0.494 e. The normalized spacial score (nSPS) is 25.9. The maximum absolute atomic E-state index is 6.46. The number of halogens is 1. The third-order valence-electron chi connectivity index (χ3n) is 5.12. The fourth-order valence-electron chi connectivity index (χ4n) is 3.67. The molecule has 0 aliphatic carbocycles. The molecule has 3 nitrogen and oxygen atoms in total. The molecule has 0 spiro atoms. The zero-order valence-corrected chi connectivity index (χ0v) is 16.5. The zero-order valence-electron chi connectivity index (χ0n) is 15.7. The summed E-state index contributed by atoms with van der Waals surface area (Å²) < 4.78 is 11.7. The Kier molecular flexibility index (Phi) is 6.23. The first-order valence-corrected chi connectivity index (χ1v) is 9.76. The second kappa shape index (κ2) is 8.43. The van der Waals surface area contributed by atoms with Gasteiger partial charge in [-0.3, -0.25) is 0 Å². The Morgan fingerprint density at radius 2 is 1.88 bits per heavy atom. The van der Waals surface area contributed by atoms with Gasteiger partial charge in [-0.2, -0.15) is 0 Å². The highest BCUT2D eigenvalue weighted by Crippen LogP contribution is 2.35. The van der Waals surface area contributed by atoms with Gasteiger partial charge in [0.1, 0.15) is 5.75 Å². The summed E-state index contributed by atoms with van der Waals surface area (Å²) in [5, 5.41) is 0.771. The van der Waals surface area contributed by atoms with Crippen LogP contribution in [-0.4, -0.2) is 18.8 Å². The lowest BCUT2D eigenvalue weighted by Crippen LogP contribution is -2.43. The third-order valence-corrected chi connectivity index (χ3v) is 5.49. The molecule has 140 valence electrons. The van der Waals surface area contributed by atoms with Gasteiger partial charge < -0.3 is 15.2 Å². The summed E-state index contributed by atoms with van der Waals surface area (Å²) in [5.41, 5.74) is 9.83. The van der Waals surface area contributed by atoms with Crippen molar-refractivity contribution in [3.63, 3.8) is 0 Å². The Labute approximate surface area is 161 Å². The van der Waals surface area contributed by atoms with Crippen molar-refractivity contribution < 1.29 is 9.47 Å². The quantitative estimate of drug-likeness (QED) is 0.788. The summed E-state index contributed by atoms with van der Waals surface area (Å²) in [6.07, 6.45) is 1.92. The molecule has 0 radical (unpaired) electrons. The Bertz CT molecular complexity index is 731. The molecule has 2 aromatic rings. The third kappa shape index (κ3) is 4.40. The Balaban J connectivity index is 1.81. The van der Waals surface area contributed by atoms with Crippen molar-refractivity contribution in [2.24, 2.45) is 11.7 Å². The van der Waals surface area contributed by atoms with E-state index in [1.807, 2.05) is 31.2 Å². The van der Waals surface area contributed by atoms with Gasteiger partial charge in [0.15, 0.2) is 0 Å². The van der Waals surface area contributed by atoms with Crippen molar-refractivity contribution >= 4 is 11.6 Å². The van der Waals surface area contributed by atoms with Crippen LogP contribution in [-0.2, 0) is 11.2 Å². The van der Waals surface area contributed by atoms with Crippen LogP contribution in [0.25, 0.3) is 0 Å². The van der Waals surface area contributed by atoms with Crippen LogP contribution in [0, 0.1) is 5.92 Å². The summed E-state index contributed by atoms with van der Waals surface area (Å²) in [7, 11) is 0. The lowest BCUT2D eigenvalue weighted by molar-refractivity contribution is -0.0738. The van der Waals surface area contributed by atoms with E-state index in [0.717, 1.165) is 34.7 Å². The predicted molar refractivity (Wildman–Crippen MR) is 107 cm³/mol. The van der Waals surface area contributed by atoms with Gasteiger partial charge in [0, 0.05) is 11.1 Å². The molecular weight excluding hydrogens is 346 g/mol. The predicted octanol–water partition coefficient (Wildman–Crippen LogP) is 5.14. The molecule has 0 amide bonds. The fraction of sp³-hybridized carbons (Fsp3) is 0.455. The van der Waals surface area contributed by atoms with E-state index in [9.17, 15) is 0 Å². The number of hydrogen-bond donors (Lipinski definition) is 1. The molecular formula is C22H28ClNO2. The van der Waals surface area contributed by atoms with Gasteiger partial charge in [-0.25, -0.2) is 0 Å². The van der Waals surface area contributed by atoms with Crippen LogP contribution in [0.5, 0.6) is 5.75 Å². The van der Waals surface area contributed by atoms with E-state index in [-0.39, 0.29) is 18.2 Å². The molecule has 4 atom stereocenters. The average Bonchev–Trinajstić information content (AvgIpc) is 2.62. The zero-order chi connectivity index (χ0) is 18.7. The van der Waals surface area contributed by atoms with E-state index in [1.54, 1.807) is 0 Å². The topological polar surface area (TPSA) is 44.5 Å². The smallest absolute Gasteiger partial charge is 0.119 e. The van der Waals surface area contributed by atoms with Crippen LogP contribution in [0.4, 0.5) is 0 Å². The first-order valence-electron chi connectivity index (χ1n) is 9.39. The molecule has 0 aromatic heterocycles. The maximum Gasteiger partial charge on any atom is 0.119 e. The van der Waals surface area contributed by atoms with Crippen LogP contribution in [0.2, 0.25) is 5.02 Å². The lowest BCUT2D eigenvalue weighted by Gasteiger charge is -2.38. The highest BCUT2D eigenvalue weighted by Gasteiger charge is 2.33. The van der Waals surface area contributed by atoms with Gasteiger partial charge in [0.2, 0.25) is 0 Å². The number of ether oxygens (including phenoxy) is 2. The molecule has 0 unspecified atom stereocenters. The van der Waals surface area contributed by atoms with Crippen LogP contribution < -0.4 is 10.5 Å². The summed E-state index contributed by atoms with van der Waals surface area (Å²) >= 11 is 6.46. The first-order chi connectivity index (χ1) is 12.5. The summed E-state index contributed by atoms with van der Waals surface area (Å²) in [6.45, 7) is 6.98. The van der Waals surface area contributed by atoms with Crippen molar-refractivity contribution in [2.75, 3.05) is 6.61 Å². The van der Waals surface area contributed by atoms with E-state index in [2.05, 4.69) is 32.0 Å². The minimum absolute atomic E-state index is 0.00528. The van der Waals surface area contributed by atoms with Crippen molar-refractivity contribution in [1.82, 2.24) is 0 Å². The van der Waals surface area contributed by atoms with E-state index in [0.29, 0.717) is 12.5 Å². The van der Waals surface area contributed by atoms with Crippen LogP contribution >= 0.6 is 11.6 Å². The average molecular weight is 374 g/mol. The van der Waals surface area contributed by atoms with Gasteiger partial charge in [0.25, 0.3) is 0 Å². The van der Waals surface area contributed by atoms with Crippen molar-refractivity contribution in [3.8, 4) is 5.75 Å². The van der Waals surface area contributed by atoms with Crippen LogP contribution in [0.3, 0.4) is 0 Å². The Morgan fingerprint density at radius 3 is 2.58 bits per heavy atom. The molecule has 26 heavy (non-hydrogen) atoms. The van der Waals surface area contributed by atoms with Crippen LogP contribution in [0.1, 0.15) is 50.0 Å². The summed E-state index contributed by atoms with van der Waals surface area (Å²) in [5.74, 6) is 1.33. The molecule has 2 aromatic carbocycles. The molecule has 0 saturated carbocycles. The molecule has 1 fully saturated rings. The van der Waals surface area contributed by atoms with E-state index < -0.39 is 0 Å². The van der Waals surface area contributed by atoms with Crippen molar-refractivity contribution in [2.45, 2.75) is 51.9 Å². The van der Waals surface area contributed by atoms with Crippen molar-refractivity contribution in [3.05, 3.63) is 64.2 Å². The molecule has 1 saturated heterocycles. The first kappa shape index (κ1) is 19.2. The highest BCUT2D eigenvalue weighted by atomic mass is 35.5. The molecule has 3 rings (SSSR count). The van der Waals surface area contributed by atoms with E-state index in [1.165, 1.54) is 5.56 Å². The second-order valence-electron chi connectivity index (χ2n) is 7.26. The summed E-state index contributed by atoms with van der Waals surface area (Å²) in [6, 6.07) is 14.3. The minimum Gasteiger partial charge on any atom is -0.494 e. The Hall–Kier alpha value is -1.55. The number of hydrogen-bond acceptors (Lipinski definition) is 3. The fourth-order valence-corrected chi connectivity index (χ4v) is 3.86. The van der Waals surface area contributed by atoms with E-state index >= 15 is 0 Å². The molecule has 1 aliphatic heterocycles. The summed E-state index contributed by atoms with van der Waals surface area (Å²) in [4.78, 5) is 0. The molecule has 0 bridgehead atoms. The van der Waals surface area contributed by atoms with Crippen molar-refractivity contribution in [1.29, 1.82) is 0 Å². The number of rotatable bonds is 5. The number of nitrogens with two attached hydrogens (primary N) is 1. The number of benzene rings is 2. The minimum atomic E-state index is -0.0786. The maximum atomic E-state index is 6.46. The molecule has 4 heteroatoms. The Morgan fingerprint density at radius 1 is 1.15 bits per heavy atom.